The SMILES string of the molecule is Cc1c(F)cc(F)cc1-c1c(F)cc(F)c(C)c1F. The highest BCUT2D eigenvalue weighted by Gasteiger charge is 2.20. The van der Waals surface area contributed by atoms with E-state index in [9.17, 15) is 22.0 Å². The molecule has 0 amide bonds. The van der Waals surface area contributed by atoms with E-state index < -0.39 is 40.2 Å². The van der Waals surface area contributed by atoms with Crippen LogP contribution in [0.5, 0.6) is 0 Å². The lowest BCUT2D eigenvalue weighted by Gasteiger charge is -2.12. The topological polar surface area (TPSA) is 0 Å². The molecule has 0 bridgehead atoms. The summed E-state index contributed by atoms with van der Waals surface area (Å²) >= 11 is 0. The van der Waals surface area contributed by atoms with E-state index in [-0.39, 0.29) is 11.1 Å². The number of rotatable bonds is 1. The number of hydrogen-bond donors (Lipinski definition) is 0. The lowest BCUT2D eigenvalue weighted by Crippen LogP contribution is -2.00. The summed E-state index contributed by atoms with van der Waals surface area (Å²) in [6, 6.07) is 1.93. The zero-order chi connectivity index (χ0) is 14.3. The Balaban J connectivity index is 2.83. The maximum absolute atomic E-state index is 13.9. The molecule has 2 aromatic rings. The van der Waals surface area contributed by atoms with E-state index in [1.165, 1.54) is 6.92 Å². The Labute approximate surface area is 106 Å². The van der Waals surface area contributed by atoms with Gasteiger partial charge in [-0.2, -0.15) is 0 Å². The van der Waals surface area contributed by atoms with Crippen molar-refractivity contribution in [3.8, 4) is 11.1 Å². The second kappa shape index (κ2) is 4.64. The minimum Gasteiger partial charge on any atom is -0.207 e. The van der Waals surface area contributed by atoms with Crippen molar-refractivity contribution in [2.24, 2.45) is 0 Å². The molecule has 0 aliphatic carbocycles. The Morgan fingerprint density at radius 2 is 1.26 bits per heavy atom. The molecule has 0 aromatic heterocycles. The van der Waals surface area contributed by atoms with Gasteiger partial charge in [-0.1, -0.05) is 0 Å². The van der Waals surface area contributed by atoms with Gasteiger partial charge in [0, 0.05) is 17.7 Å². The molecule has 0 saturated carbocycles. The van der Waals surface area contributed by atoms with E-state index >= 15 is 0 Å². The van der Waals surface area contributed by atoms with Crippen LogP contribution < -0.4 is 0 Å². The average Bonchev–Trinajstić information content (AvgIpc) is 2.32. The van der Waals surface area contributed by atoms with E-state index in [1.54, 1.807) is 0 Å². The predicted molar refractivity (Wildman–Crippen MR) is 61.1 cm³/mol. The standard InChI is InChI=1S/C14H9F5/c1-6-9(3-8(15)4-10(6)16)13-12(18)5-11(17)7(2)14(13)19/h3-5H,1-2H3. The molecule has 0 heterocycles. The van der Waals surface area contributed by atoms with Crippen LogP contribution in [0.25, 0.3) is 11.1 Å². The van der Waals surface area contributed by atoms with Crippen molar-refractivity contribution in [3.63, 3.8) is 0 Å². The van der Waals surface area contributed by atoms with Gasteiger partial charge in [0.25, 0.3) is 0 Å². The highest BCUT2D eigenvalue weighted by Crippen LogP contribution is 2.33. The molecule has 2 aromatic carbocycles. The van der Waals surface area contributed by atoms with E-state index in [4.69, 9.17) is 0 Å². The van der Waals surface area contributed by atoms with Crippen LogP contribution >= 0.6 is 0 Å². The summed E-state index contributed by atoms with van der Waals surface area (Å²) in [6.45, 7) is 2.39. The zero-order valence-corrected chi connectivity index (χ0v) is 10.1. The molecule has 0 radical (unpaired) electrons. The van der Waals surface area contributed by atoms with Crippen LogP contribution in [0.3, 0.4) is 0 Å². The highest BCUT2D eigenvalue weighted by atomic mass is 19.2. The average molecular weight is 272 g/mol. The van der Waals surface area contributed by atoms with Gasteiger partial charge in [-0.25, -0.2) is 22.0 Å². The van der Waals surface area contributed by atoms with Gasteiger partial charge in [0.1, 0.15) is 29.1 Å². The third kappa shape index (κ3) is 2.20. The van der Waals surface area contributed by atoms with E-state index in [1.807, 2.05) is 0 Å². The molecule has 0 aliphatic heterocycles. The van der Waals surface area contributed by atoms with Crippen molar-refractivity contribution in [1.29, 1.82) is 0 Å². The molecule has 0 aliphatic rings. The van der Waals surface area contributed by atoms with Crippen LogP contribution in [-0.2, 0) is 0 Å². The van der Waals surface area contributed by atoms with Crippen molar-refractivity contribution in [2.75, 3.05) is 0 Å². The first-order valence-electron chi connectivity index (χ1n) is 5.43. The summed E-state index contributed by atoms with van der Waals surface area (Å²) in [5.41, 5.74) is -1.41. The Hall–Kier alpha value is -1.91. The minimum absolute atomic E-state index is 0.106. The van der Waals surface area contributed by atoms with Crippen molar-refractivity contribution >= 4 is 0 Å². The molecule has 2 rings (SSSR count). The van der Waals surface area contributed by atoms with Crippen LogP contribution in [0, 0.1) is 42.9 Å². The van der Waals surface area contributed by atoms with Crippen LogP contribution in [0.4, 0.5) is 22.0 Å². The normalized spacial score (nSPS) is 10.9. The summed E-state index contributed by atoms with van der Waals surface area (Å²) in [5.74, 6) is -5.29. The van der Waals surface area contributed by atoms with Gasteiger partial charge in [0.05, 0.1) is 5.56 Å². The van der Waals surface area contributed by atoms with Gasteiger partial charge < -0.3 is 0 Å². The van der Waals surface area contributed by atoms with Gasteiger partial charge in [-0.15, -0.1) is 0 Å². The zero-order valence-electron chi connectivity index (χ0n) is 10.1. The second-order valence-corrected chi connectivity index (χ2v) is 4.21. The summed E-state index contributed by atoms with van der Waals surface area (Å²) < 4.78 is 67.4. The number of halogens is 5. The number of benzene rings is 2. The predicted octanol–water partition coefficient (Wildman–Crippen LogP) is 4.67. The van der Waals surface area contributed by atoms with E-state index in [0.29, 0.717) is 12.1 Å². The summed E-state index contributed by atoms with van der Waals surface area (Å²) in [5, 5.41) is 0. The highest BCUT2D eigenvalue weighted by molar-refractivity contribution is 5.69. The van der Waals surface area contributed by atoms with Crippen LogP contribution in [0.1, 0.15) is 11.1 Å². The summed E-state index contributed by atoms with van der Waals surface area (Å²) in [7, 11) is 0. The van der Waals surface area contributed by atoms with E-state index in [2.05, 4.69) is 0 Å². The van der Waals surface area contributed by atoms with Crippen LogP contribution in [-0.4, -0.2) is 0 Å². The Morgan fingerprint density at radius 1 is 0.684 bits per heavy atom. The Bertz CT molecular complexity index is 662. The summed E-state index contributed by atoms with van der Waals surface area (Å²) in [6.07, 6.45) is 0. The smallest absolute Gasteiger partial charge is 0.139 e. The molecule has 100 valence electrons. The number of hydrogen-bond acceptors (Lipinski definition) is 0. The third-order valence-corrected chi connectivity index (χ3v) is 2.98. The van der Waals surface area contributed by atoms with Gasteiger partial charge >= 0.3 is 0 Å². The lowest BCUT2D eigenvalue weighted by molar-refractivity contribution is 0.535. The van der Waals surface area contributed by atoms with Crippen molar-refractivity contribution in [3.05, 3.63) is 58.4 Å². The second-order valence-electron chi connectivity index (χ2n) is 4.21. The van der Waals surface area contributed by atoms with Crippen molar-refractivity contribution in [1.82, 2.24) is 0 Å². The molecule has 0 saturated heterocycles. The minimum atomic E-state index is -1.20. The maximum Gasteiger partial charge on any atom is 0.139 e. The first-order chi connectivity index (χ1) is 8.82. The molecule has 5 heteroatoms. The van der Waals surface area contributed by atoms with Gasteiger partial charge in [0.15, 0.2) is 0 Å². The third-order valence-electron chi connectivity index (χ3n) is 2.98. The fourth-order valence-corrected chi connectivity index (χ4v) is 1.84. The van der Waals surface area contributed by atoms with Crippen molar-refractivity contribution < 1.29 is 22.0 Å². The van der Waals surface area contributed by atoms with Gasteiger partial charge in [0.2, 0.25) is 0 Å². The molecule has 0 spiro atoms. The molecule has 0 N–H and O–H groups in total. The molecule has 0 unspecified atom stereocenters. The summed E-state index contributed by atoms with van der Waals surface area (Å²) in [4.78, 5) is 0. The first kappa shape index (κ1) is 13.5. The molecule has 0 fully saturated rings. The van der Waals surface area contributed by atoms with Crippen LogP contribution in [0.2, 0.25) is 0 Å². The van der Waals surface area contributed by atoms with Gasteiger partial charge in [-0.3, -0.25) is 0 Å². The molecular formula is C14H9F5. The van der Waals surface area contributed by atoms with E-state index in [0.717, 1.165) is 13.0 Å². The monoisotopic (exact) mass is 272 g/mol. The fraction of sp³-hybridized carbons (Fsp3) is 0.143. The van der Waals surface area contributed by atoms with Crippen molar-refractivity contribution in [2.45, 2.75) is 13.8 Å². The molecular weight excluding hydrogens is 263 g/mol. The Kier molecular flexibility index (Phi) is 3.30. The largest absolute Gasteiger partial charge is 0.207 e. The maximum atomic E-state index is 13.9. The fourth-order valence-electron chi connectivity index (χ4n) is 1.84. The first-order valence-corrected chi connectivity index (χ1v) is 5.43. The lowest BCUT2D eigenvalue weighted by atomic mass is 9.97. The van der Waals surface area contributed by atoms with Crippen LogP contribution in [0.15, 0.2) is 18.2 Å². The van der Waals surface area contributed by atoms with Gasteiger partial charge in [-0.05, 0) is 31.0 Å². The molecule has 19 heavy (non-hydrogen) atoms. The molecule has 0 atom stereocenters. The quantitative estimate of drug-likeness (QED) is 0.662. The molecule has 0 nitrogen and oxygen atoms in total. The Morgan fingerprint density at radius 3 is 1.89 bits per heavy atom.